The normalized spacial score (nSPS) is 11.0. The van der Waals surface area contributed by atoms with Gasteiger partial charge in [-0.15, -0.1) is 0 Å². The maximum Gasteiger partial charge on any atom is 0.270 e. The lowest BCUT2D eigenvalue weighted by Gasteiger charge is -2.19. The van der Waals surface area contributed by atoms with Gasteiger partial charge < -0.3 is 15.0 Å². The van der Waals surface area contributed by atoms with Crippen LogP contribution in [0.15, 0.2) is 42.6 Å². The van der Waals surface area contributed by atoms with Crippen molar-refractivity contribution < 1.29 is 13.9 Å². The number of aryl methyl sites for hydroxylation is 1. The highest BCUT2D eigenvalue weighted by molar-refractivity contribution is 5.94. The zero-order valence-corrected chi connectivity index (χ0v) is 17.1. The maximum atomic E-state index is 14.0. The summed E-state index contributed by atoms with van der Waals surface area (Å²) in [6.45, 7) is 6.48. The molecule has 0 radical (unpaired) electrons. The van der Waals surface area contributed by atoms with Crippen molar-refractivity contribution in [3.63, 3.8) is 0 Å². The molecule has 0 saturated carbocycles. The molecule has 0 spiro atoms. The molecule has 2 heterocycles. The molecule has 1 N–H and O–H groups in total. The van der Waals surface area contributed by atoms with Gasteiger partial charge in [-0.3, -0.25) is 9.20 Å². The maximum absolute atomic E-state index is 14.0. The van der Waals surface area contributed by atoms with Crippen molar-refractivity contribution in [1.82, 2.24) is 14.7 Å². The third-order valence-corrected chi connectivity index (χ3v) is 4.83. The minimum atomic E-state index is -0.440. The van der Waals surface area contributed by atoms with E-state index in [9.17, 15) is 9.18 Å². The Morgan fingerprint density at radius 3 is 2.69 bits per heavy atom. The average Bonchev–Trinajstić information content (AvgIpc) is 3.12. The van der Waals surface area contributed by atoms with Gasteiger partial charge >= 0.3 is 0 Å². The molecule has 0 fully saturated rings. The van der Waals surface area contributed by atoms with Crippen LogP contribution in [0.5, 0.6) is 0 Å². The summed E-state index contributed by atoms with van der Waals surface area (Å²) in [5, 5.41) is 2.92. The van der Waals surface area contributed by atoms with E-state index in [1.54, 1.807) is 12.3 Å². The molecular weight excluding hydrogens is 371 g/mol. The average molecular weight is 398 g/mol. The molecule has 154 valence electrons. The zero-order valence-electron chi connectivity index (χ0n) is 17.1. The van der Waals surface area contributed by atoms with Gasteiger partial charge in [0, 0.05) is 38.6 Å². The van der Waals surface area contributed by atoms with E-state index >= 15 is 0 Å². The van der Waals surface area contributed by atoms with Crippen LogP contribution in [-0.2, 0) is 17.7 Å². The number of carbonyl (C=O) groups is 1. The van der Waals surface area contributed by atoms with Gasteiger partial charge in [-0.1, -0.05) is 19.1 Å². The highest BCUT2D eigenvalue weighted by Crippen LogP contribution is 2.17. The van der Waals surface area contributed by atoms with Crippen LogP contribution in [0.25, 0.3) is 5.65 Å². The third kappa shape index (κ3) is 4.74. The van der Waals surface area contributed by atoms with Crippen LogP contribution in [0, 0.1) is 5.82 Å². The first-order chi connectivity index (χ1) is 14.0. The van der Waals surface area contributed by atoms with Crippen LogP contribution < -0.4 is 10.2 Å². The molecule has 0 aliphatic carbocycles. The van der Waals surface area contributed by atoms with Gasteiger partial charge in [-0.05, 0) is 43.2 Å². The monoisotopic (exact) mass is 398 g/mol. The van der Waals surface area contributed by atoms with E-state index in [-0.39, 0.29) is 11.6 Å². The van der Waals surface area contributed by atoms with Crippen molar-refractivity contribution >= 4 is 17.2 Å². The number of rotatable bonds is 9. The first kappa shape index (κ1) is 20.8. The fourth-order valence-corrected chi connectivity index (χ4v) is 3.18. The number of anilines is 1. The van der Waals surface area contributed by atoms with Crippen molar-refractivity contribution in [2.45, 2.75) is 26.8 Å². The first-order valence-electron chi connectivity index (χ1n) is 9.86. The van der Waals surface area contributed by atoms with Crippen molar-refractivity contribution in [2.24, 2.45) is 0 Å². The molecule has 7 heteroatoms. The lowest BCUT2D eigenvalue weighted by atomic mass is 10.2. The molecule has 29 heavy (non-hydrogen) atoms. The molecule has 2 aromatic heterocycles. The number of ether oxygens (including phenoxy) is 1. The number of amides is 1. The number of likely N-dealkylation sites (N-methyl/N-ethyl adjacent to an activating group) is 1. The molecule has 6 nitrogen and oxygen atoms in total. The summed E-state index contributed by atoms with van der Waals surface area (Å²) in [5.41, 5.74) is 3.21. The second-order valence-electron chi connectivity index (χ2n) is 6.78. The van der Waals surface area contributed by atoms with E-state index in [0.717, 1.165) is 17.8 Å². The Labute approximate surface area is 170 Å². The summed E-state index contributed by atoms with van der Waals surface area (Å²) in [6, 6.07) is 10.9. The summed E-state index contributed by atoms with van der Waals surface area (Å²) in [5.74, 6) is -0.705. The molecule has 0 bridgehead atoms. The van der Waals surface area contributed by atoms with Gasteiger partial charge in [0.05, 0.1) is 12.3 Å². The molecular formula is C22H27FN4O2. The third-order valence-electron chi connectivity index (χ3n) is 4.83. The van der Waals surface area contributed by atoms with E-state index in [1.165, 1.54) is 10.5 Å². The standard InChI is InChI=1S/C22H27FN4O2/c1-4-19-20(27-12-6-7-18(23)21(27)25-19)22(28)24-15-16-8-10-17(11-9-16)26(3)13-14-29-5-2/h6-12H,4-5,13-15H2,1-3H3,(H,24,28). The molecule has 0 unspecified atom stereocenters. The Morgan fingerprint density at radius 2 is 2.00 bits per heavy atom. The second-order valence-corrected chi connectivity index (χ2v) is 6.78. The number of fused-ring (bicyclic) bond motifs is 1. The van der Waals surface area contributed by atoms with Crippen molar-refractivity contribution in [1.29, 1.82) is 0 Å². The van der Waals surface area contributed by atoms with Crippen LogP contribution in [0.2, 0.25) is 0 Å². The largest absolute Gasteiger partial charge is 0.380 e. The SMILES string of the molecule is CCOCCN(C)c1ccc(CNC(=O)c2c(CC)nc3c(F)cccn23)cc1. The number of carbonyl (C=O) groups excluding carboxylic acids is 1. The van der Waals surface area contributed by atoms with E-state index in [0.29, 0.717) is 37.6 Å². The van der Waals surface area contributed by atoms with Gasteiger partial charge in [-0.25, -0.2) is 9.37 Å². The van der Waals surface area contributed by atoms with E-state index in [2.05, 4.69) is 15.2 Å². The Hall–Kier alpha value is -2.93. The van der Waals surface area contributed by atoms with Gasteiger partial charge in [0.1, 0.15) is 5.69 Å². The topological polar surface area (TPSA) is 58.9 Å². The number of nitrogens with zero attached hydrogens (tertiary/aromatic N) is 3. The predicted molar refractivity (Wildman–Crippen MR) is 112 cm³/mol. The van der Waals surface area contributed by atoms with E-state index < -0.39 is 5.82 Å². The summed E-state index contributed by atoms with van der Waals surface area (Å²) < 4.78 is 20.9. The lowest BCUT2D eigenvalue weighted by molar-refractivity contribution is 0.0944. The Kier molecular flexibility index (Phi) is 6.82. The number of pyridine rings is 1. The minimum absolute atomic E-state index is 0.175. The summed E-state index contributed by atoms with van der Waals surface area (Å²) in [4.78, 5) is 19.2. The van der Waals surface area contributed by atoms with Gasteiger partial charge in [0.25, 0.3) is 5.91 Å². The molecule has 0 saturated heterocycles. The highest BCUT2D eigenvalue weighted by Gasteiger charge is 2.19. The van der Waals surface area contributed by atoms with Gasteiger partial charge in [-0.2, -0.15) is 0 Å². The van der Waals surface area contributed by atoms with Gasteiger partial charge in [0.2, 0.25) is 0 Å². The Bertz CT molecular complexity index is 969. The second kappa shape index (κ2) is 9.52. The zero-order chi connectivity index (χ0) is 20.8. The quantitative estimate of drug-likeness (QED) is 0.561. The Balaban J connectivity index is 1.67. The van der Waals surface area contributed by atoms with E-state index in [1.807, 2.05) is 45.2 Å². The van der Waals surface area contributed by atoms with Crippen LogP contribution in [-0.4, -0.2) is 42.1 Å². The summed E-state index contributed by atoms with van der Waals surface area (Å²) in [6.07, 6.45) is 2.21. The minimum Gasteiger partial charge on any atom is -0.380 e. The highest BCUT2D eigenvalue weighted by atomic mass is 19.1. The van der Waals surface area contributed by atoms with Crippen molar-refractivity contribution in [2.75, 3.05) is 31.7 Å². The number of aromatic nitrogens is 2. The Morgan fingerprint density at radius 1 is 1.24 bits per heavy atom. The number of halogens is 1. The molecule has 0 aliphatic rings. The van der Waals surface area contributed by atoms with Crippen molar-refractivity contribution in [3.8, 4) is 0 Å². The van der Waals surface area contributed by atoms with Crippen LogP contribution >= 0.6 is 0 Å². The fraction of sp³-hybridized carbons (Fsp3) is 0.364. The fourth-order valence-electron chi connectivity index (χ4n) is 3.18. The summed E-state index contributed by atoms with van der Waals surface area (Å²) in [7, 11) is 2.02. The van der Waals surface area contributed by atoms with Crippen molar-refractivity contribution in [3.05, 3.63) is 65.4 Å². The summed E-state index contributed by atoms with van der Waals surface area (Å²) >= 11 is 0. The molecule has 3 aromatic rings. The number of hydrogen-bond acceptors (Lipinski definition) is 4. The van der Waals surface area contributed by atoms with Gasteiger partial charge in [0.15, 0.2) is 11.5 Å². The molecule has 1 amide bonds. The molecule has 1 aromatic carbocycles. The van der Waals surface area contributed by atoms with Crippen LogP contribution in [0.1, 0.15) is 35.6 Å². The number of benzene rings is 1. The molecule has 3 rings (SSSR count). The molecule has 0 atom stereocenters. The van der Waals surface area contributed by atoms with Crippen LogP contribution in [0.4, 0.5) is 10.1 Å². The number of nitrogens with one attached hydrogen (secondary N) is 1. The number of hydrogen-bond donors (Lipinski definition) is 1. The predicted octanol–water partition coefficient (Wildman–Crippen LogP) is 3.44. The lowest BCUT2D eigenvalue weighted by Crippen LogP contribution is -2.25. The van der Waals surface area contributed by atoms with Crippen LogP contribution in [0.3, 0.4) is 0 Å². The molecule has 0 aliphatic heterocycles. The smallest absolute Gasteiger partial charge is 0.270 e. The van der Waals surface area contributed by atoms with E-state index in [4.69, 9.17) is 4.74 Å². The number of imidazole rings is 1. The first-order valence-corrected chi connectivity index (χ1v) is 9.86.